The van der Waals surface area contributed by atoms with Crippen LogP contribution in [0.15, 0.2) is 23.1 Å². The molecule has 0 aromatic carbocycles. The normalized spacial score (nSPS) is 20.7. The number of nitrogens with one attached hydrogen (secondary N) is 2. The number of hydrogen-bond donors (Lipinski definition) is 5. The summed E-state index contributed by atoms with van der Waals surface area (Å²) < 4.78 is 11.5. The van der Waals surface area contributed by atoms with E-state index >= 15 is 0 Å². The van der Waals surface area contributed by atoms with Crippen LogP contribution in [0.1, 0.15) is 98.3 Å². The summed E-state index contributed by atoms with van der Waals surface area (Å²) in [4.78, 5) is 40.9. The predicted molar refractivity (Wildman–Crippen MR) is 140 cm³/mol. The molecule has 3 rings (SSSR count). The topological polar surface area (TPSA) is 189 Å². The Morgan fingerprint density at radius 2 is 1.74 bits per heavy atom. The van der Waals surface area contributed by atoms with Crippen LogP contribution in [0.5, 0.6) is 0 Å². The summed E-state index contributed by atoms with van der Waals surface area (Å²) >= 11 is 0. The number of amides is 1. The molecule has 39 heavy (non-hydrogen) atoms. The number of aliphatic hydroxyl groups excluding tert-OH is 3. The number of ether oxygens (including phenoxy) is 2. The highest BCUT2D eigenvalue weighted by molar-refractivity contribution is 6.03. The molecule has 1 aliphatic rings. The summed E-state index contributed by atoms with van der Waals surface area (Å²) in [5, 5.41) is 37.9. The van der Waals surface area contributed by atoms with E-state index in [4.69, 9.17) is 9.47 Å². The number of carbonyl (C=O) groups excluding carboxylic acids is 2. The largest absolute Gasteiger partial charge is 0.461 e. The van der Waals surface area contributed by atoms with Gasteiger partial charge in [-0.2, -0.15) is 10.1 Å². The molecule has 1 fully saturated rings. The standard InChI is InChI=1S/C26H39N5O8/c1-2-3-4-5-6-7-8-9-10-11-14-38-25(36)18-15-17(29-30-18)23(35)27-20-12-13-31(26(37)28-20)24-22(34)21(33)19(16-32)39-24/h12-13,15,19,21-22,24,32-34H,2-11,14,16H2,1H3,(H,29,30)(H,27,28,35,37)/t19-,21-,22+,24-/m1/s1. The maximum absolute atomic E-state index is 12.5. The molecule has 0 bridgehead atoms. The molecular formula is C26H39N5O8. The lowest BCUT2D eigenvalue weighted by atomic mass is 10.1. The Kier molecular flexibility index (Phi) is 12.1. The number of anilines is 1. The number of aromatic nitrogens is 4. The third-order valence-corrected chi connectivity index (χ3v) is 6.62. The fourth-order valence-electron chi connectivity index (χ4n) is 4.34. The highest BCUT2D eigenvalue weighted by Crippen LogP contribution is 2.28. The van der Waals surface area contributed by atoms with Gasteiger partial charge in [-0.3, -0.25) is 14.5 Å². The minimum absolute atomic E-state index is 0.0278. The van der Waals surface area contributed by atoms with Gasteiger partial charge in [0.1, 0.15) is 29.8 Å². The molecule has 0 spiro atoms. The van der Waals surface area contributed by atoms with Crippen molar-refractivity contribution in [2.45, 2.75) is 95.7 Å². The van der Waals surface area contributed by atoms with Crippen molar-refractivity contribution in [1.82, 2.24) is 19.7 Å². The lowest BCUT2D eigenvalue weighted by Crippen LogP contribution is -2.36. The van der Waals surface area contributed by atoms with E-state index in [1.807, 2.05) is 0 Å². The summed E-state index contributed by atoms with van der Waals surface area (Å²) in [6, 6.07) is 2.54. The Morgan fingerprint density at radius 1 is 1.08 bits per heavy atom. The van der Waals surface area contributed by atoms with Crippen LogP contribution in [0.4, 0.5) is 5.82 Å². The molecule has 2 aromatic rings. The van der Waals surface area contributed by atoms with Crippen molar-refractivity contribution < 1.29 is 34.4 Å². The molecule has 4 atom stereocenters. The lowest BCUT2D eigenvalue weighted by molar-refractivity contribution is -0.0549. The highest BCUT2D eigenvalue weighted by Gasteiger charge is 2.43. The summed E-state index contributed by atoms with van der Waals surface area (Å²) in [6.07, 6.45) is 7.86. The molecule has 5 N–H and O–H groups in total. The van der Waals surface area contributed by atoms with Gasteiger partial charge in [0.15, 0.2) is 11.9 Å². The molecule has 0 saturated carbocycles. The summed E-state index contributed by atoms with van der Waals surface area (Å²) in [5.41, 5.74) is -0.934. The van der Waals surface area contributed by atoms with Gasteiger partial charge in [0.05, 0.1) is 13.2 Å². The fraction of sp³-hybridized carbons (Fsp3) is 0.654. The van der Waals surface area contributed by atoms with Crippen molar-refractivity contribution in [3.8, 4) is 0 Å². The van der Waals surface area contributed by atoms with Crippen molar-refractivity contribution >= 4 is 17.7 Å². The van der Waals surface area contributed by atoms with Gasteiger partial charge < -0.3 is 30.1 Å². The fourth-order valence-corrected chi connectivity index (χ4v) is 4.34. The third-order valence-electron chi connectivity index (χ3n) is 6.62. The molecular weight excluding hydrogens is 510 g/mol. The zero-order chi connectivity index (χ0) is 28.2. The number of esters is 1. The number of carbonyl (C=O) groups is 2. The Balaban J connectivity index is 1.40. The average Bonchev–Trinajstić information content (AvgIpc) is 3.53. The Labute approximate surface area is 226 Å². The second-order valence-electron chi connectivity index (χ2n) is 9.67. The number of H-pyrrole nitrogens is 1. The second kappa shape index (κ2) is 15.5. The first-order valence-corrected chi connectivity index (χ1v) is 13.6. The van der Waals surface area contributed by atoms with Crippen molar-refractivity contribution in [2.75, 3.05) is 18.5 Å². The minimum atomic E-state index is -1.45. The van der Waals surface area contributed by atoms with E-state index < -0.39 is 48.7 Å². The van der Waals surface area contributed by atoms with Crippen molar-refractivity contribution in [3.05, 3.63) is 40.2 Å². The number of aliphatic hydroxyl groups is 3. The number of nitrogens with zero attached hydrogens (tertiary/aromatic N) is 3. The third kappa shape index (κ3) is 8.68. The molecule has 1 amide bonds. The van der Waals surface area contributed by atoms with Crippen LogP contribution in [-0.4, -0.2) is 78.5 Å². The van der Waals surface area contributed by atoms with E-state index in [1.54, 1.807) is 0 Å². The SMILES string of the molecule is CCCCCCCCCCCCOC(=O)c1cc(C(=O)Nc2ccn([C@@H]3O[C@H](CO)[C@@H](O)[C@@H]3O)c(=O)n2)n[nH]1. The monoisotopic (exact) mass is 549 g/mol. The predicted octanol–water partition coefficient (Wildman–Crippen LogP) is 1.91. The molecule has 216 valence electrons. The van der Waals surface area contributed by atoms with Gasteiger partial charge in [-0.25, -0.2) is 9.59 Å². The molecule has 0 unspecified atom stereocenters. The van der Waals surface area contributed by atoms with Crippen LogP contribution < -0.4 is 11.0 Å². The average molecular weight is 550 g/mol. The first-order valence-electron chi connectivity index (χ1n) is 13.6. The summed E-state index contributed by atoms with van der Waals surface area (Å²) in [5.74, 6) is -1.42. The van der Waals surface area contributed by atoms with Crippen molar-refractivity contribution in [3.63, 3.8) is 0 Å². The molecule has 1 aliphatic heterocycles. The van der Waals surface area contributed by atoms with Gasteiger partial charge in [0.2, 0.25) is 0 Å². The van der Waals surface area contributed by atoms with Crippen LogP contribution in [0.3, 0.4) is 0 Å². The zero-order valence-electron chi connectivity index (χ0n) is 22.3. The number of unbranched alkanes of at least 4 members (excludes halogenated alkanes) is 9. The van der Waals surface area contributed by atoms with Gasteiger partial charge in [-0.1, -0.05) is 64.7 Å². The van der Waals surface area contributed by atoms with E-state index in [9.17, 15) is 29.7 Å². The van der Waals surface area contributed by atoms with Gasteiger partial charge in [0.25, 0.3) is 5.91 Å². The quantitative estimate of drug-likeness (QED) is 0.153. The Morgan fingerprint density at radius 3 is 2.36 bits per heavy atom. The van der Waals surface area contributed by atoms with Crippen molar-refractivity contribution in [1.29, 1.82) is 0 Å². The van der Waals surface area contributed by atoms with E-state index in [0.29, 0.717) is 0 Å². The first-order chi connectivity index (χ1) is 18.8. The van der Waals surface area contributed by atoms with E-state index in [1.165, 1.54) is 63.3 Å². The summed E-state index contributed by atoms with van der Waals surface area (Å²) in [6.45, 7) is 1.96. The minimum Gasteiger partial charge on any atom is -0.461 e. The van der Waals surface area contributed by atoms with Gasteiger partial charge in [-0.05, 0) is 12.5 Å². The maximum Gasteiger partial charge on any atom is 0.356 e. The van der Waals surface area contributed by atoms with Gasteiger partial charge in [0, 0.05) is 12.3 Å². The van der Waals surface area contributed by atoms with E-state index in [2.05, 4.69) is 27.4 Å². The molecule has 2 aromatic heterocycles. The maximum atomic E-state index is 12.5. The zero-order valence-corrected chi connectivity index (χ0v) is 22.3. The number of aromatic amines is 1. The summed E-state index contributed by atoms with van der Waals surface area (Å²) in [7, 11) is 0. The van der Waals surface area contributed by atoms with Crippen molar-refractivity contribution in [2.24, 2.45) is 0 Å². The molecule has 13 heteroatoms. The van der Waals surface area contributed by atoms with E-state index in [-0.39, 0.29) is 23.8 Å². The number of hydrogen-bond acceptors (Lipinski definition) is 10. The number of rotatable bonds is 16. The smallest absolute Gasteiger partial charge is 0.356 e. The molecule has 13 nitrogen and oxygen atoms in total. The van der Waals surface area contributed by atoms with Crippen LogP contribution in [-0.2, 0) is 9.47 Å². The molecule has 1 saturated heterocycles. The van der Waals surface area contributed by atoms with Gasteiger partial charge >= 0.3 is 11.7 Å². The second-order valence-corrected chi connectivity index (χ2v) is 9.67. The molecule has 0 radical (unpaired) electrons. The molecule has 0 aliphatic carbocycles. The lowest BCUT2D eigenvalue weighted by Gasteiger charge is -2.17. The highest BCUT2D eigenvalue weighted by atomic mass is 16.6. The van der Waals surface area contributed by atoms with E-state index in [0.717, 1.165) is 23.8 Å². The van der Waals surface area contributed by atoms with Crippen LogP contribution in [0, 0.1) is 0 Å². The first kappa shape index (κ1) is 30.4. The van der Waals surface area contributed by atoms with Crippen LogP contribution in [0.2, 0.25) is 0 Å². The van der Waals surface area contributed by atoms with Crippen LogP contribution >= 0.6 is 0 Å². The molecule has 3 heterocycles. The Hall–Kier alpha value is -3.13. The van der Waals surface area contributed by atoms with Crippen LogP contribution in [0.25, 0.3) is 0 Å². The van der Waals surface area contributed by atoms with Gasteiger partial charge in [-0.15, -0.1) is 0 Å². The Bertz CT molecular complexity index is 1120.